The number of nitrogens with one attached hydrogen (secondary N) is 1. The molecule has 0 saturated carbocycles. The van der Waals surface area contributed by atoms with Crippen LogP contribution >= 0.6 is 0 Å². The smallest absolute Gasteiger partial charge is 0.252 e. The molecule has 27 valence electrons. The normalized spacial score (nSPS) is 17.6. The molecule has 0 amide bonds. The van der Waals surface area contributed by atoms with Crippen molar-refractivity contribution >= 4 is 6.34 Å². The first-order valence-electron chi connectivity index (χ1n) is 1.37. The summed E-state index contributed by atoms with van der Waals surface area (Å²) >= 11 is 0. The van der Waals surface area contributed by atoms with Gasteiger partial charge in [-0.05, 0) is 0 Å². The SMILES string of the molecule is C1=[N+]OCN1. The number of hydrogen-bond acceptors (Lipinski definition) is 3. The van der Waals surface area contributed by atoms with Crippen LogP contribution in [0.25, 0.3) is 0 Å². The minimum absolute atomic E-state index is 0.528. The van der Waals surface area contributed by atoms with E-state index in [0.717, 1.165) is 0 Å². The molecule has 1 N–H and O–H groups in total. The van der Waals surface area contributed by atoms with Gasteiger partial charge in [-0.1, -0.05) is 0 Å². The Morgan fingerprint density at radius 1 is 2.00 bits per heavy atom. The maximum absolute atomic E-state index is 4.40. The van der Waals surface area contributed by atoms with E-state index in [2.05, 4.69) is 15.3 Å². The predicted octanol–water partition coefficient (Wildman–Crippen LogP) is -1.16. The standard InChI is InChI=1S/C2H4N2O/c1-3-2-5-4-1/h1,3H,2H2/q+1. The zero-order valence-electron chi connectivity index (χ0n) is 2.64. The third-order valence-corrected chi connectivity index (χ3v) is 0.366. The fourth-order valence-corrected chi connectivity index (χ4v) is 0.186. The number of oxime groups is 1. The van der Waals surface area contributed by atoms with Crippen LogP contribution in [0.15, 0.2) is 0 Å². The zero-order valence-corrected chi connectivity index (χ0v) is 2.64. The lowest BCUT2D eigenvalue weighted by molar-refractivity contribution is 0.120. The van der Waals surface area contributed by atoms with Crippen molar-refractivity contribution in [2.75, 3.05) is 6.73 Å². The lowest BCUT2D eigenvalue weighted by Gasteiger charge is -1.66. The van der Waals surface area contributed by atoms with Crippen molar-refractivity contribution in [1.82, 2.24) is 10.5 Å². The van der Waals surface area contributed by atoms with E-state index in [1.165, 1.54) is 6.34 Å². The summed E-state index contributed by atoms with van der Waals surface area (Å²) in [6.07, 6.45) is 1.51. The van der Waals surface area contributed by atoms with Gasteiger partial charge in [-0.3, -0.25) is 4.84 Å². The van der Waals surface area contributed by atoms with Gasteiger partial charge in [-0.15, -0.1) is 0 Å². The molecule has 1 radical (unpaired) electrons. The average molecular weight is 72.1 g/mol. The molecular weight excluding hydrogens is 68.0 g/mol. The van der Waals surface area contributed by atoms with Crippen LogP contribution < -0.4 is 10.5 Å². The lowest BCUT2D eigenvalue weighted by Crippen LogP contribution is -2.03. The van der Waals surface area contributed by atoms with E-state index in [-0.39, 0.29) is 0 Å². The Kier molecular flexibility index (Phi) is 0.463. The molecule has 0 unspecified atom stereocenters. The molecule has 0 spiro atoms. The van der Waals surface area contributed by atoms with Gasteiger partial charge in [0, 0.05) is 0 Å². The highest BCUT2D eigenvalue weighted by Crippen LogP contribution is 1.58. The van der Waals surface area contributed by atoms with Gasteiger partial charge in [0.15, 0.2) is 0 Å². The maximum atomic E-state index is 4.40. The van der Waals surface area contributed by atoms with E-state index in [0.29, 0.717) is 6.73 Å². The monoisotopic (exact) mass is 72.0 g/mol. The summed E-state index contributed by atoms with van der Waals surface area (Å²) < 4.78 is 0. The van der Waals surface area contributed by atoms with E-state index in [1.807, 2.05) is 0 Å². The minimum atomic E-state index is 0.528. The Bertz CT molecular complexity index is 45.6. The highest BCUT2D eigenvalue weighted by molar-refractivity contribution is 5.52. The summed E-state index contributed by atoms with van der Waals surface area (Å²) in [5.41, 5.74) is 0. The fourth-order valence-electron chi connectivity index (χ4n) is 0.186. The van der Waals surface area contributed by atoms with Crippen molar-refractivity contribution in [2.24, 2.45) is 0 Å². The van der Waals surface area contributed by atoms with Crippen molar-refractivity contribution in [2.45, 2.75) is 0 Å². The Morgan fingerprint density at radius 2 is 3.00 bits per heavy atom. The van der Waals surface area contributed by atoms with Crippen molar-refractivity contribution < 1.29 is 4.84 Å². The van der Waals surface area contributed by atoms with Crippen LogP contribution in [0.4, 0.5) is 0 Å². The lowest BCUT2D eigenvalue weighted by atomic mass is 11.2. The molecule has 5 heavy (non-hydrogen) atoms. The number of rotatable bonds is 0. The molecule has 1 rings (SSSR count). The molecule has 3 heteroatoms. The van der Waals surface area contributed by atoms with E-state index >= 15 is 0 Å². The average Bonchev–Trinajstić information content (AvgIpc) is 1.76. The van der Waals surface area contributed by atoms with Crippen LogP contribution in [0.3, 0.4) is 0 Å². The van der Waals surface area contributed by atoms with E-state index in [1.54, 1.807) is 0 Å². The molecule has 0 fully saturated rings. The predicted molar refractivity (Wildman–Crippen MR) is 17.3 cm³/mol. The van der Waals surface area contributed by atoms with Crippen molar-refractivity contribution in [3.63, 3.8) is 0 Å². The van der Waals surface area contributed by atoms with E-state index < -0.39 is 0 Å². The van der Waals surface area contributed by atoms with Gasteiger partial charge in [0.25, 0.3) is 6.73 Å². The molecule has 1 heterocycles. The molecule has 0 aromatic carbocycles. The molecule has 0 aromatic heterocycles. The first kappa shape index (κ1) is 2.50. The Morgan fingerprint density at radius 3 is 3.20 bits per heavy atom. The molecule has 3 nitrogen and oxygen atoms in total. The van der Waals surface area contributed by atoms with Crippen molar-refractivity contribution in [1.29, 1.82) is 0 Å². The zero-order chi connectivity index (χ0) is 3.54. The highest BCUT2D eigenvalue weighted by atomic mass is 16.6. The first-order valence-corrected chi connectivity index (χ1v) is 1.37. The Balaban J connectivity index is 2.32. The summed E-state index contributed by atoms with van der Waals surface area (Å²) in [4.78, 5) is 4.40. The molecule has 1 aliphatic rings. The van der Waals surface area contributed by atoms with Crippen LogP contribution in [0, 0.1) is 0 Å². The largest absolute Gasteiger partial charge is 0.329 e. The first-order chi connectivity index (χ1) is 2.50. The third kappa shape index (κ3) is 0.289. The van der Waals surface area contributed by atoms with Gasteiger partial charge >= 0.3 is 6.34 Å². The Hall–Kier alpha value is -0.730. The minimum Gasteiger partial charge on any atom is -0.252 e. The van der Waals surface area contributed by atoms with Gasteiger partial charge in [0.05, 0.1) is 0 Å². The number of nitrogens with zero attached hydrogens (tertiary/aromatic N) is 1. The van der Waals surface area contributed by atoms with Gasteiger partial charge in [0.1, 0.15) is 5.16 Å². The summed E-state index contributed by atoms with van der Waals surface area (Å²) in [5.74, 6) is 0. The molecule has 0 saturated heterocycles. The molecule has 0 atom stereocenters. The van der Waals surface area contributed by atoms with Crippen LogP contribution in [0.1, 0.15) is 0 Å². The second-order valence-electron chi connectivity index (χ2n) is 0.712. The van der Waals surface area contributed by atoms with E-state index in [4.69, 9.17) is 0 Å². The van der Waals surface area contributed by atoms with Gasteiger partial charge in [-0.25, -0.2) is 5.32 Å². The highest BCUT2D eigenvalue weighted by Gasteiger charge is 1.95. The molecule has 0 aliphatic carbocycles. The van der Waals surface area contributed by atoms with Crippen LogP contribution in [-0.4, -0.2) is 13.1 Å². The fraction of sp³-hybridized carbons (Fsp3) is 0.500. The molecular formula is C2H4N2O+. The van der Waals surface area contributed by atoms with Gasteiger partial charge in [0.2, 0.25) is 0 Å². The summed E-state index contributed by atoms with van der Waals surface area (Å²) in [5, 5.41) is 6.06. The maximum Gasteiger partial charge on any atom is 0.329 e. The van der Waals surface area contributed by atoms with Crippen LogP contribution in [-0.2, 0) is 4.84 Å². The van der Waals surface area contributed by atoms with Crippen LogP contribution in [0.5, 0.6) is 0 Å². The summed E-state index contributed by atoms with van der Waals surface area (Å²) in [6, 6.07) is 0. The second-order valence-corrected chi connectivity index (χ2v) is 0.712. The van der Waals surface area contributed by atoms with Gasteiger partial charge < -0.3 is 0 Å². The third-order valence-electron chi connectivity index (χ3n) is 0.366. The van der Waals surface area contributed by atoms with Gasteiger partial charge in [-0.2, -0.15) is 0 Å². The van der Waals surface area contributed by atoms with Crippen LogP contribution in [0.2, 0.25) is 0 Å². The quantitative estimate of drug-likeness (QED) is 0.392. The molecule has 1 aliphatic heterocycles. The van der Waals surface area contributed by atoms with Crippen molar-refractivity contribution in [3.8, 4) is 0 Å². The topological polar surface area (TPSA) is 35.4 Å². The van der Waals surface area contributed by atoms with Crippen molar-refractivity contribution in [3.05, 3.63) is 0 Å². The van der Waals surface area contributed by atoms with E-state index in [9.17, 15) is 0 Å². The summed E-state index contributed by atoms with van der Waals surface area (Å²) in [6.45, 7) is 0.528. The molecule has 0 bridgehead atoms. The molecule has 0 aromatic rings. The Labute approximate surface area is 29.6 Å². The second kappa shape index (κ2) is 0.924. The number of hydrogen-bond donors (Lipinski definition) is 1. The summed E-state index contributed by atoms with van der Waals surface area (Å²) in [7, 11) is 0.